The van der Waals surface area contributed by atoms with Crippen LogP contribution >= 0.6 is 0 Å². The summed E-state index contributed by atoms with van der Waals surface area (Å²) in [7, 11) is 0. The molecule has 3 aromatic rings. The second-order valence-electron chi connectivity index (χ2n) is 5.58. The van der Waals surface area contributed by atoms with E-state index in [1.807, 2.05) is 0 Å². The van der Waals surface area contributed by atoms with Crippen molar-refractivity contribution in [1.29, 1.82) is 0 Å². The Balaban J connectivity index is 2.02. The molecule has 23 heavy (non-hydrogen) atoms. The third-order valence-electron chi connectivity index (χ3n) is 4.16. The van der Waals surface area contributed by atoms with Gasteiger partial charge in [0.25, 0.3) is 0 Å². The van der Waals surface area contributed by atoms with E-state index in [4.69, 9.17) is 15.3 Å². The van der Waals surface area contributed by atoms with Crippen molar-refractivity contribution in [2.75, 3.05) is 5.73 Å². The number of aromatic carboxylic acids is 1. The van der Waals surface area contributed by atoms with Crippen LogP contribution in [0.1, 0.15) is 41.4 Å². The van der Waals surface area contributed by atoms with Crippen molar-refractivity contribution < 1.29 is 14.3 Å². The molecule has 0 saturated heterocycles. The fourth-order valence-corrected chi connectivity index (χ4v) is 2.64. The molecular formula is C15H12N4O4. The molecule has 1 saturated carbocycles. The van der Waals surface area contributed by atoms with Crippen molar-refractivity contribution >= 4 is 34.0 Å². The molecule has 0 aliphatic heterocycles. The molecule has 3 heterocycles. The molecule has 4 rings (SSSR count). The summed E-state index contributed by atoms with van der Waals surface area (Å²) in [5.41, 5.74) is 5.24. The molecule has 0 spiro atoms. The lowest BCUT2D eigenvalue weighted by Crippen LogP contribution is -2.15. The topological polar surface area (TPSA) is 132 Å². The van der Waals surface area contributed by atoms with Crippen molar-refractivity contribution in [3.05, 3.63) is 33.9 Å². The number of nitrogens with two attached hydrogens (primary N) is 1. The molecule has 116 valence electrons. The van der Waals surface area contributed by atoms with E-state index in [1.165, 1.54) is 12.3 Å². The van der Waals surface area contributed by atoms with Crippen LogP contribution in [0.5, 0.6) is 0 Å². The molecule has 0 amide bonds. The van der Waals surface area contributed by atoms with Gasteiger partial charge in [-0.3, -0.25) is 4.79 Å². The molecule has 0 unspecified atom stereocenters. The molecule has 8 nitrogen and oxygen atoms in total. The minimum Gasteiger partial charge on any atom is -0.478 e. The number of carboxylic acid groups (broad SMARTS) is 1. The predicted molar refractivity (Wildman–Crippen MR) is 81.3 cm³/mol. The highest BCUT2D eigenvalue weighted by Crippen LogP contribution is 2.34. The van der Waals surface area contributed by atoms with Gasteiger partial charge in [-0.25, -0.2) is 14.8 Å². The SMILES string of the molecule is Nc1nc2oc3cnc(C4CCC4)nc3c(=O)c2cc1C(=O)O. The van der Waals surface area contributed by atoms with Gasteiger partial charge in [0.2, 0.25) is 11.1 Å². The first kappa shape index (κ1) is 13.6. The number of rotatable bonds is 2. The molecule has 0 aromatic carbocycles. The lowest BCUT2D eigenvalue weighted by molar-refractivity contribution is 0.0698. The van der Waals surface area contributed by atoms with Crippen LogP contribution in [0.3, 0.4) is 0 Å². The van der Waals surface area contributed by atoms with Crippen molar-refractivity contribution in [3.8, 4) is 0 Å². The van der Waals surface area contributed by atoms with Crippen LogP contribution in [0.4, 0.5) is 5.82 Å². The Labute approximate surface area is 129 Å². The zero-order chi connectivity index (χ0) is 16.1. The molecular weight excluding hydrogens is 300 g/mol. The van der Waals surface area contributed by atoms with Gasteiger partial charge in [-0.2, -0.15) is 4.98 Å². The Morgan fingerprint density at radius 3 is 2.78 bits per heavy atom. The number of carbonyl (C=O) groups is 1. The monoisotopic (exact) mass is 312 g/mol. The van der Waals surface area contributed by atoms with Crippen LogP contribution in [-0.2, 0) is 0 Å². The molecule has 0 atom stereocenters. The van der Waals surface area contributed by atoms with Gasteiger partial charge in [0, 0.05) is 5.92 Å². The van der Waals surface area contributed by atoms with Crippen LogP contribution in [-0.4, -0.2) is 26.0 Å². The largest absolute Gasteiger partial charge is 0.478 e. The quantitative estimate of drug-likeness (QED) is 0.683. The maximum atomic E-state index is 12.6. The third kappa shape index (κ3) is 2.02. The lowest BCUT2D eigenvalue weighted by Gasteiger charge is -2.23. The normalized spacial score (nSPS) is 15.0. The number of nitrogen functional groups attached to an aromatic ring is 1. The van der Waals surface area contributed by atoms with Crippen LogP contribution in [0.15, 0.2) is 21.5 Å². The number of aromatic nitrogens is 3. The fourth-order valence-electron chi connectivity index (χ4n) is 2.64. The lowest BCUT2D eigenvalue weighted by atomic mass is 9.85. The molecule has 0 bridgehead atoms. The van der Waals surface area contributed by atoms with Gasteiger partial charge in [0.1, 0.15) is 17.2 Å². The van der Waals surface area contributed by atoms with E-state index in [0.29, 0.717) is 5.82 Å². The average Bonchev–Trinajstić information content (AvgIpc) is 2.45. The molecule has 3 N–H and O–H groups in total. The van der Waals surface area contributed by atoms with Crippen molar-refractivity contribution in [2.45, 2.75) is 25.2 Å². The van der Waals surface area contributed by atoms with E-state index in [1.54, 1.807) is 0 Å². The number of pyridine rings is 1. The van der Waals surface area contributed by atoms with E-state index in [-0.39, 0.29) is 39.5 Å². The van der Waals surface area contributed by atoms with E-state index >= 15 is 0 Å². The number of carboxylic acids is 1. The highest BCUT2D eigenvalue weighted by Gasteiger charge is 2.24. The number of fused-ring (bicyclic) bond motifs is 2. The Morgan fingerprint density at radius 2 is 2.13 bits per heavy atom. The van der Waals surface area contributed by atoms with Gasteiger partial charge in [0.05, 0.1) is 11.6 Å². The first-order valence-electron chi connectivity index (χ1n) is 7.18. The minimum atomic E-state index is -1.26. The zero-order valence-corrected chi connectivity index (χ0v) is 11.9. The fraction of sp³-hybridized carbons (Fsp3) is 0.267. The van der Waals surface area contributed by atoms with Gasteiger partial charge in [-0.15, -0.1) is 0 Å². The van der Waals surface area contributed by atoms with Crippen LogP contribution in [0.25, 0.3) is 22.2 Å². The van der Waals surface area contributed by atoms with Gasteiger partial charge in [-0.05, 0) is 18.9 Å². The van der Waals surface area contributed by atoms with Crippen molar-refractivity contribution in [1.82, 2.24) is 15.0 Å². The van der Waals surface area contributed by atoms with Crippen molar-refractivity contribution in [3.63, 3.8) is 0 Å². The highest BCUT2D eigenvalue weighted by atomic mass is 16.4. The summed E-state index contributed by atoms with van der Waals surface area (Å²) in [4.78, 5) is 36.2. The number of nitrogens with zero attached hydrogens (tertiary/aromatic N) is 3. The molecule has 1 fully saturated rings. The number of anilines is 1. The van der Waals surface area contributed by atoms with Crippen LogP contribution in [0, 0.1) is 0 Å². The summed E-state index contributed by atoms with van der Waals surface area (Å²) < 4.78 is 5.52. The molecule has 1 aliphatic rings. The average molecular weight is 312 g/mol. The minimum absolute atomic E-state index is 0.0232. The standard InChI is InChI=1S/C15H12N4O4/c16-12-8(15(21)22)4-7-11(20)10-9(23-14(7)19-12)5-17-13(18-10)6-2-1-3-6/h4-6H,1-3H2,(H2,16,19)(H,21,22). The Morgan fingerprint density at radius 1 is 1.35 bits per heavy atom. The van der Waals surface area contributed by atoms with E-state index in [9.17, 15) is 9.59 Å². The van der Waals surface area contributed by atoms with Crippen LogP contribution < -0.4 is 11.2 Å². The van der Waals surface area contributed by atoms with Gasteiger partial charge in [-0.1, -0.05) is 6.42 Å². The summed E-state index contributed by atoms with van der Waals surface area (Å²) >= 11 is 0. The second kappa shape index (κ2) is 4.73. The molecule has 8 heteroatoms. The van der Waals surface area contributed by atoms with Crippen LogP contribution in [0.2, 0.25) is 0 Å². The van der Waals surface area contributed by atoms with Crippen molar-refractivity contribution in [2.24, 2.45) is 0 Å². The maximum Gasteiger partial charge on any atom is 0.339 e. The van der Waals surface area contributed by atoms with E-state index in [2.05, 4.69) is 15.0 Å². The summed E-state index contributed by atoms with van der Waals surface area (Å²) in [5, 5.41) is 9.15. The Kier molecular flexibility index (Phi) is 2.80. The summed E-state index contributed by atoms with van der Waals surface area (Å²) in [6.45, 7) is 0. The second-order valence-corrected chi connectivity index (χ2v) is 5.58. The predicted octanol–water partition coefficient (Wildman–Crippen LogP) is 1.68. The maximum absolute atomic E-state index is 12.6. The first-order chi connectivity index (χ1) is 11.0. The molecule has 1 aliphatic carbocycles. The third-order valence-corrected chi connectivity index (χ3v) is 4.16. The number of hydrogen-bond acceptors (Lipinski definition) is 7. The Hall–Kier alpha value is -3.03. The number of hydrogen-bond donors (Lipinski definition) is 2. The first-order valence-corrected chi connectivity index (χ1v) is 7.18. The molecule has 0 radical (unpaired) electrons. The summed E-state index contributed by atoms with van der Waals surface area (Å²) in [6, 6.07) is 1.18. The Bertz CT molecular complexity index is 1020. The van der Waals surface area contributed by atoms with E-state index in [0.717, 1.165) is 19.3 Å². The smallest absolute Gasteiger partial charge is 0.339 e. The van der Waals surface area contributed by atoms with Gasteiger partial charge < -0.3 is 15.3 Å². The summed E-state index contributed by atoms with van der Waals surface area (Å²) in [6.07, 6.45) is 4.60. The molecule has 3 aromatic heterocycles. The summed E-state index contributed by atoms with van der Waals surface area (Å²) in [5.74, 6) is -0.570. The van der Waals surface area contributed by atoms with E-state index < -0.39 is 11.4 Å². The van der Waals surface area contributed by atoms with Gasteiger partial charge >= 0.3 is 5.97 Å². The highest BCUT2D eigenvalue weighted by molar-refractivity contribution is 5.97. The zero-order valence-electron chi connectivity index (χ0n) is 11.9. The van der Waals surface area contributed by atoms with Gasteiger partial charge in [0.15, 0.2) is 11.1 Å².